The highest BCUT2D eigenvalue weighted by Gasteiger charge is 2.02. The zero-order chi connectivity index (χ0) is 8.27. The summed E-state index contributed by atoms with van der Waals surface area (Å²) >= 11 is 5.73. The first-order chi connectivity index (χ1) is 5.24. The Morgan fingerprint density at radius 3 is 2.82 bits per heavy atom. The summed E-state index contributed by atoms with van der Waals surface area (Å²) in [4.78, 5) is 10.4. The van der Waals surface area contributed by atoms with Crippen LogP contribution in [0.4, 0.5) is 0 Å². The predicted octanol–water partition coefficient (Wildman–Crippen LogP) is 2.64. The second-order valence-electron chi connectivity index (χ2n) is 2.48. The Kier molecular flexibility index (Phi) is 2.66. The van der Waals surface area contributed by atoms with Crippen LogP contribution in [0.1, 0.15) is 18.4 Å². The molecule has 11 heavy (non-hydrogen) atoms. The number of hydrogen-bond acceptors (Lipinski definition) is 1. The quantitative estimate of drug-likeness (QED) is 0.621. The third kappa shape index (κ3) is 2.05. The summed E-state index contributed by atoms with van der Waals surface area (Å²) in [5, 5.41) is 0.677. The Morgan fingerprint density at radius 2 is 2.27 bits per heavy atom. The molecule has 0 amide bonds. The van der Waals surface area contributed by atoms with E-state index in [9.17, 15) is 4.79 Å². The summed E-state index contributed by atoms with van der Waals surface area (Å²) in [5.74, 6) is -0.0614. The van der Waals surface area contributed by atoms with Gasteiger partial charge in [-0.15, -0.1) is 0 Å². The standard InChI is InChI=1S/C9H9ClO/c1-7(6-11)8-3-2-4-9(10)5-8/h2-7H,1H3/t7-/m0/s1. The average Bonchev–Trinajstić information content (AvgIpc) is 2.03. The first-order valence-electron chi connectivity index (χ1n) is 3.45. The van der Waals surface area contributed by atoms with Crippen molar-refractivity contribution in [1.29, 1.82) is 0 Å². The van der Waals surface area contributed by atoms with Crippen molar-refractivity contribution in [1.82, 2.24) is 0 Å². The van der Waals surface area contributed by atoms with Crippen LogP contribution in [0.2, 0.25) is 5.02 Å². The van der Waals surface area contributed by atoms with Gasteiger partial charge in [0.05, 0.1) is 0 Å². The lowest BCUT2D eigenvalue weighted by atomic mass is 10.0. The number of benzene rings is 1. The molecule has 0 heterocycles. The largest absolute Gasteiger partial charge is 0.303 e. The highest BCUT2D eigenvalue weighted by Crippen LogP contribution is 2.17. The number of carbonyl (C=O) groups excluding carboxylic acids is 1. The van der Waals surface area contributed by atoms with Gasteiger partial charge in [0.1, 0.15) is 6.29 Å². The molecule has 0 spiro atoms. The summed E-state index contributed by atoms with van der Waals surface area (Å²) in [5.41, 5.74) is 0.965. The van der Waals surface area contributed by atoms with Gasteiger partial charge in [0.25, 0.3) is 0 Å². The van der Waals surface area contributed by atoms with Crippen LogP contribution in [-0.4, -0.2) is 6.29 Å². The SMILES string of the molecule is C[C@@H](C=O)c1cccc(Cl)c1. The molecule has 1 rings (SSSR count). The van der Waals surface area contributed by atoms with Gasteiger partial charge in [0.2, 0.25) is 0 Å². The lowest BCUT2D eigenvalue weighted by Gasteiger charge is -2.02. The van der Waals surface area contributed by atoms with Gasteiger partial charge >= 0.3 is 0 Å². The highest BCUT2D eigenvalue weighted by atomic mass is 35.5. The van der Waals surface area contributed by atoms with Gasteiger partial charge < -0.3 is 4.79 Å². The molecular formula is C9H9ClO. The summed E-state index contributed by atoms with van der Waals surface area (Å²) in [6, 6.07) is 7.34. The van der Waals surface area contributed by atoms with Crippen LogP contribution in [0.25, 0.3) is 0 Å². The number of halogens is 1. The Morgan fingerprint density at radius 1 is 1.55 bits per heavy atom. The first kappa shape index (κ1) is 8.28. The summed E-state index contributed by atoms with van der Waals surface area (Å²) < 4.78 is 0. The van der Waals surface area contributed by atoms with E-state index >= 15 is 0 Å². The predicted molar refractivity (Wildman–Crippen MR) is 45.9 cm³/mol. The highest BCUT2D eigenvalue weighted by molar-refractivity contribution is 6.30. The molecule has 1 aromatic carbocycles. The van der Waals surface area contributed by atoms with Crippen LogP contribution in [0.3, 0.4) is 0 Å². The fourth-order valence-corrected chi connectivity index (χ4v) is 1.07. The average molecular weight is 169 g/mol. The van der Waals surface area contributed by atoms with Crippen LogP contribution in [0.15, 0.2) is 24.3 Å². The molecule has 0 aliphatic rings. The molecule has 1 nitrogen and oxygen atoms in total. The van der Waals surface area contributed by atoms with Gasteiger partial charge in [-0.05, 0) is 17.7 Å². The van der Waals surface area contributed by atoms with E-state index < -0.39 is 0 Å². The number of rotatable bonds is 2. The van der Waals surface area contributed by atoms with E-state index in [1.807, 2.05) is 19.1 Å². The van der Waals surface area contributed by atoms with Gasteiger partial charge in [-0.3, -0.25) is 0 Å². The van der Waals surface area contributed by atoms with E-state index in [0.29, 0.717) is 5.02 Å². The molecule has 0 fully saturated rings. The third-order valence-corrected chi connectivity index (χ3v) is 1.81. The molecule has 0 aliphatic heterocycles. The van der Waals surface area contributed by atoms with E-state index in [-0.39, 0.29) is 5.92 Å². The molecule has 0 radical (unpaired) electrons. The number of hydrogen-bond donors (Lipinski definition) is 0. The van der Waals surface area contributed by atoms with Crippen molar-refractivity contribution < 1.29 is 4.79 Å². The van der Waals surface area contributed by atoms with Gasteiger partial charge in [0.15, 0.2) is 0 Å². The van der Waals surface area contributed by atoms with Crippen molar-refractivity contribution in [3.63, 3.8) is 0 Å². The molecule has 0 saturated carbocycles. The molecule has 0 bridgehead atoms. The van der Waals surface area contributed by atoms with Crippen LogP contribution in [0.5, 0.6) is 0 Å². The summed E-state index contributed by atoms with van der Waals surface area (Å²) in [6.07, 6.45) is 0.908. The minimum Gasteiger partial charge on any atom is -0.303 e. The minimum atomic E-state index is -0.0614. The maximum Gasteiger partial charge on any atom is 0.127 e. The van der Waals surface area contributed by atoms with Gasteiger partial charge in [-0.2, -0.15) is 0 Å². The van der Waals surface area contributed by atoms with Gasteiger partial charge in [0, 0.05) is 10.9 Å². The molecule has 0 unspecified atom stereocenters. The molecule has 0 aliphatic carbocycles. The van der Waals surface area contributed by atoms with Crippen molar-refractivity contribution in [3.05, 3.63) is 34.9 Å². The van der Waals surface area contributed by atoms with Crippen molar-refractivity contribution in [2.45, 2.75) is 12.8 Å². The fourth-order valence-electron chi connectivity index (χ4n) is 0.868. The van der Waals surface area contributed by atoms with E-state index in [1.165, 1.54) is 0 Å². The van der Waals surface area contributed by atoms with Crippen LogP contribution in [-0.2, 0) is 4.79 Å². The molecule has 1 aromatic rings. The van der Waals surface area contributed by atoms with Crippen LogP contribution < -0.4 is 0 Å². The monoisotopic (exact) mass is 168 g/mol. The van der Waals surface area contributed by atoms with Crippen LogP contribution >= 0.6 is 11.6 Å². The van der Waals surface area contributed by atoms with E-state index in [0.717, 1.165) is 11.8 Å². The van der Waals surface area contributed by atoms with Crippen molar-refractivity contribution >= 4 is 17.9 Å². The maximum absolute atomic E-state index is 10.4. The van der Waals surface area contributed by atoms with Crippen molar-refractivity contribution in [2.75, 3.05) is 0 Å². The first-order valence-corrected chi connectivity index (χ1v) is 3.82. The Hall–Kier alpha value is -0.820. The van der Waals surface area contributed by atoms with E-state index in [4.69, 9.17) is 11.6 Å². The molecule has 2 heteroatoms. The number of aldehydes is 1. The molecular weight excluding hydrogens is 160 g/mol. The van der Waals surface area contributed by atoms with E-state index in [1.54, 1.807) is 12.1 Å². The Labute approximate surface area is 71.0 Å². The summed E-state index contributed by atoms with van der Waals surface area (Å²) in [6.45, 7) is 1.85. The third-order valence-electron chi connectivity index (χ3n) is 1.58. The summed E-state index contributed by atoms with van der Waals surface area (Å²) in [7, 11) is 0. The lowest BCUT2D eigenvalue weighted by Crippen LogP contribution is -1.92. The second-order valence-corrected chi connectivity index (χ2v) is 2.92. The Bertz CT molecular complexity index is 257. The van der Waals surface area contributed by atoms with Gasteiger partial charge in [-0.1, -0.05) is 30.7 Å². The second kappa shape index (κ2) is 3.54. The molecule has 1 atom stereocenters. The zero-order valence-corrected chi connectivity index (χ0v) is 7.01. The topological polar surface area (TPSA) is 17.1 Å². The zero-order valence-electron chi connectivity index (χ0n) is 6.25. The smallest absolute Gasteiger partial charge is 0.127 e. The molecule has 0 N–H and O–H groups in total. The van der Waals surface area contributed by atoms with E-state index in [2.05, 4.69) is 0 Å². The Balaban J connectivity index is 2.95. The lowest BCUT2D eigenvalue weighted by molar-refractivity contribution is -0.108. The molecule has 0 aromatic heterocycles. The molecule has 58 valence electrons. The number of carbonyl (C=O) groups is 1. The normalized spacial score (nSPS) is 12.5. The van der Waals surface area contributed by atoms with Crippen molar-refractivity contribution in [3.8, 4) is 0 Å². The van der Waals surface area contributed by atoms with Crippen LogP contribution in [0, 0.1) is 0 Å². The minimum absolute atomic E-state index is 0.0614. The maximum atomic E-state index is 10.4. The fraction of sp³-hybridized carbons (Fsp3) is 0.222. The van der Waals surface area contributed by atoms with Gasteiger partial charge in [-0.25, -0.2) is 0 Å². The molecule has 0 saturated heterocycles. The van der Waals surface area contributed by atoms with Crippen molar-refractivity contribution in [2.24, 2.45) is 0 Å².